The van der Waals surface area contributed by atoms with E-state index in [1.807, 2.05) is 57.5 Å². The van der Waals surface area contributed by atoms with Gasteiger partial charge in [0.25, 0.3) is 0 Å². The Morgan fingerprint density at radius 1 is 0.444 bits per heavy atom. The molecule has 0 amide bonds. The van der Waals surface area contributed by atoms with Crippen LogP contribution < -0.4 is 9.64 Å². The number of nitriles is 2. The van der Waals surface area contributed by atoms with E-state index in [1.54, 1.807) is 47.0 Å². The van der Waals surface area contributed by atoms with Crippen molar-refractivity contribution in [3.63, 3.8) is 0 Å². The average Bonchev–Trinajstić information content (AvgIpc) is 1.58. The molecular formula is C76H77N3O5S6. The molecule has 0 fully saturated rings. The van der Waals surface area contributed by atoms with E-state index in [2.05, 4.69) is 176 Å². The molecule has 0 atom stereocenters. The number of rotatable bonds is 28. The van der Waals surface area contributed by atoms with E-state index < -0.39 is 11.9 Å². The van der Waals surface area contributed by atoms with Gasteiger partial charge in [-0.2, -0.15) is 10.5 Å². The molecule has 0 aliphatic rings. The third-order valence-corrected chi connectivity index (χ3v) is 22.8. The number of anilines is 3. The number of aliphatic carboxylic acids is 2. The average molecular weight is 1300 g/mol. The highest BCUT2D eigenvalue weighted by atomic mass is 32.1. The molecule has 0 bridgehead atoms. The summed E-state index contributed by atoms with van der Waals surface area (Å²) in [5, 5.41) is 37.3. The second-order valence-electron chi connectivity index (χ2n) is 23.2. The minimum Gasteiger partial charge on any atom is -0.488 e. The van der Waals surface area contributed by atoms with Gasteiger partial charge >= 0.3 is 11.9 Å². The lowest BCUT2D eigenvalue weighted by Gasteiger charge is -2.27. The number of hydrogen-bond acceptors (Lipinski definition) is 12. The first-order chi connectivity index (χ1) is 43.5. The van der Waals surface area contributed by atoms with E-state index in [-0.39, 0.29) is 16.7 Å². The van der Waals surface area contributed by atoms with Crippen LogP contribution in [0.1, 0.15) is 144 Å². The van der Waals surface area contributed by atoms with Crippen LogP contribution >= 0.6 is 68.0 Å². The van der Waals surface area contributed by atoms with Crippen LogP contribution in [0.15, 0.2) is 145 Å². The van der Waals surface area contributed by atoms with Gasteiger partial charge in [-0.25, -0.2) is 9.59 Å². The molecule has 0 unspecified atom stereocenters. The molecule has 0 saturated carbocycles. The quantitative estimate of drug-likeness (QED) is 0.0281. The van der Waals surface area contributed by atoms with E-state index in [0.717, 1.165) is 110 Å². The molecule has 2 N–H and O–H groups in total. The topological polar surface area (TPSA) is 135 Å². The summed E-state index contributed by atoms with van der Waals surface area (Å²) in [7, 11) is 0. The predicted octanol–water partition coefficient (Wildman–Crippen LogP) is 23.5. The molecule has 14 heteroatoms. The number of allylic oxidation sites excluding steroid dienone is 4. The molecule has 0 spiro atoms. The van der Waals surface area contributed by atoms with E-state index in [0.29, 0.717) is 0 Å². The van der Waals surface area contributed by atoms with Crippen molar-refractivity contribution in [2.45, 2.75) is 145 Å². The summed E-state index contributed by atoms with van der Waals surface area (Å²) < 4.78 is 6.32. The first-order valence-electron chi connectivity index (χ1n) is 31.1. The summed E-state index contributed by atoms with van der Waals surface area (Å²) in [6.07, 6.45) is 21.8. The number of carboxylic acid groups (broad SMARTS) is 2. The fraction of sp³-hybridized carbons (Fsp3) is 0.289. The Hall–Kier alpha value is -7.66. The number of nitrogens with zero attached hydrogens (tertiary/aromatic N) is 3. The van der Waals surface area contributed by atoms with Crippen molar-refractivity contribution in [3.8, 4) is 77.8 Å². The summed E-state index contributed by atoms with van der Waals surface area (Å²) in [6.45, 7) is 19.6. The summed E-state index contributed by atoms with van der Waals surface area (Å²) in [5.74, 6) is -1.64. The van der Waals surface area contributed by atoms with Crippen LogP contribution in [0.5, 0.6) is 5.75 Å². The zero-order valence-electron chi connectivity index (χ0n) is 52.8. The third-order valence-electron chi connectivity index (χ3n) is 14.9. The van der Waals surface area contributed by atoms with Crippen molar-refractivity contribution in [1.82, 2.24) is 0 Å². The van der Waals surface area contributed by atoms with Crippen LogP contribution in [0, 0.1) is 22.7 Å². The Morgan fingerprint density at radius 3 is 1.03 bits per heavy atom. The summed E-state index contributed by atoms with van der Waals surface area (Å²) in [4.78, 5) is 40.2. The zero-order valence-corrected chi connectivity index (χ0v) is 57.7. The van der Waals surface area contributed by atoms with Gasteiger partial charge in [0.2, 0.25) is 0 Å². The molecule has 9 rings (SSSR count). The monoisotopic (exact) mass is 1300 g/mol. The normalized spacial score (nSPS) is 12.1. The number of thiophene rings is 6. The lowest BCUT2D eigenvalue weighted by Crippen LogP contribution is -2.22. The maximum absolute atomic E-state index is 11.5. The molecule has 0 aliphatic carbocycles. The van der Waals surface area contributed by atoms with E-state index >= 15 is 0 Å². The Labute approximate surface area is 555 Å². The van der Waals surface area contributed by atoms with E-state index in [1.165, 1.54) is 105 Å². The first-order valence-corrected chi connectivity index (χ1v) is 36.0. The van der Waals surface area contributed by atoms with Crippen LogP contribution in [0.3, 0.4) is 0 Å². The molecule has 462 valence electrons. The largest absolute Gasteiger partial charge is 0.488 e. The minimum atomic E-state index is -1.23. The van der Waals surface area contributed by atoms with Crippen LogP contribution in [0.25, 0.3) is 72.1 Å². The maximum atomic E-state index is 11.5. The van der Waals surface area contributed by atoms with Crippen LogP contribution in [-0.4, -0.2) is 27.8 Å². The van der Waals surface area contributed by atoms with E-state index in [4.69, 9.17) is 4.74 Å². The SMILES string of the molecule is CCCc1cc(-c2sc(-c3sc(/C=C/C=C(\C#N)C(=O)O)cc3CCC)cc2CCC)sc1-c1ccc(N(c2ccc(OC(C)(C)C)cc2)c2ccc(-c3sc(-c4sc(-c5sc(/C=C/C=C(\C#N)C(=O)O)cc5CCC)cc4CCC)cc3CCC)cc2)cc1. The smallest absolute Gasteiger partial charge is 0.346 e. The first kappa shape index (κ1) is 66.8. The minimum absolute atomic E-state index is 0.291. The molecule has 90 heavy (non-hydrogen) atoms. The van der Waals surface area contributed by atoms with Crippen LogP contribution in [0.2, 0.25) is 0 Å². The summed E-state index contributed by atoms with van der Waals surface area (Å²) in [6, 6.07) is 44.3. The number of benzene rings is 3. The van der Waals surface area contributed by atoms with Gasteiger partial charge in [-0.15, -0.1) is 68.0 Å². The fourth-order valence-corrected chi connectivity index (χ4v) is 18.7. The summed E-state index contributed by atoms with van der Waals surface area (Å²) >= 11 is 11.0. The van der Waals surface area contributed by atoms with Gasteiger partial charge in [0.15, 0.2) is 0 Å². The van der Waals surface area contributed by atoms with Gasteiger partial charge in [0.05, 0.1) is 0 Å². The molecular weight excluding hydrogens is 1230 g/mol. The number of carboxylic acids is 2. The number of ether oxygens (including phenoxy) is 1. The van der Waals surface area contributed by atoms with Gasteiger partial charge in [0.1, 0.15) is 34.6 Å². The Balaban J connectivity index is 1.05. The van der Waals surface area contributed by atoms with Gasteiger partial charge in [-0.1, -0.05) is 116 Å². The van der Waals surface area contributed by atoms with Crippen molar-refractivity contribution < 1.29 is 24.5 Å². The highest BCUT2D eigenvalue weighted by molar-refractivity contribution is 7.28. The molecule has 6 heterocycles. The second kappa shape index (κ2) is 30.9. The van der Waals surface area contributed by atoms with Gasteiger partial charge < -0.3 is 19.8 Å². The zero-order chi connectivity index (χ0) is 64.1. The van der Waals surface area contributed by atoms with Crippen molar-refractivity contribution in [3.05, 3.63) is 188 Å². The standard InChI is InChI=1S/C76H77N3O5S6/c1-10-18-50-40-62(26-16-24-56(46-77)74(80)81)85-70(50)64-44-54(22-14-5)72(89-64)66-42-52(20-12-3)68(87-66)48-28-32-58(33-29-48)79(60-36-38-61(39-37-60)84-76(7,8)9)59-34-30-49(31-35-59)69-53(21-13-4)43-67(88-69)73-55(23-15-6)45-65(90-73)71-51(19-11-2)41-63(86-71)27-17-25-57(47-78)75(82)83/h16-17,24-45H,10-15,18-23H2,1-9H3,(H,80,81)(H,82,83)/b26-16+,27-17+,56-24+,57-25+. The van der Waals surface area contributed by atoms with Crippen molar-refractivity contribution in [2.24, 2.45) is 0 Å². The molecule has 9 aromatic rings. The van der Waals surface area contributed by atoms with Crippen LogP contribution in [0.4, 0.5) is 17.1 Å². The van der Waals surface area contributed by atoms with Crippen molar-refractivity contribution >= 4 is 109 Å². The van der Waals surface area contributed by atoms with Crippen molar-refractivity contribution in [2.75, 3.05) is 4.90 Å². The van der Waals surface area contributed by atoms with Crippen LogP contribution in [-0.2, 0) is 48.1 Å². The third kappa shape index (κ3) is 16.1. The lowest BCUT2D eigenvalue weighted by molar-refractivity contribution is -0.133. The lowest BCUT2D eigenvalue weighted by atomic mass is 10.0. The molecule has 6 aromatic heterocycles. The molecule has 8 nitrogen and oxygen atoms in total. The number of carbonyl (C=O) groups is 2. The number of aryl methyl sites for hydroxylation is 6. The highest BCUT2D eigenvalue weighted by Crippen LogP contribution is 2.51. The Bertz CT molecular complexity index is 3950. The summed E-state index contributed by atoms with van der Waals surface area (Å²) in [5.41, 5.74) is 12.6. The molecule has 0 radical (unpaired) electrons. The molecule has 0 aliphatic heterocycles. The highest BCUT2D eigenvalue weighted by Gasteiger charge is 2.24. The van der Waals surface area contributed by atoms with Crippen molar-refractivity contribution in [1.29, 1.82) is 10.5 Å². The van der Waals surface area contributed by atoms with Gasteiger partial charge in [0, 0.05) is 75.6 Å². The predicted molar refractivity (Wildman–Crippen MR) is 386 cm³/mol. The molecule has 3 aromatic carbocycles. The second-order valence-corrected chi connectivity index (χ2v) is 29.6. The van der Waals surface area contributed by atoms with E-state index in [9.17, 15) is 30.3 Å². The van der Waals surface area contributed by atoms with Gasteiger partial charge in [-0.3, -0.25) is 0 Å². The Kier molecular flexibility index (Phi) is 22.9. The fourth-order valence-electron chi connectivity index (χ4n) is 11.1. The number of hydrogen-bond donors (Lipinski definition) is 2. The Morgan fingerprint density at radius 2 is 0.733 bits per heavy atom. The maximum Gasteiger partial charge on any atom is 0.346 e. The van der Waals surface area contributed by atoms with Gasteiger partial charge in [-0.05, 0) is 213 Å². The molecule has 0 saturated heterocycles.